The molecule has 0 aliphatic rings. The topological polar surface area (TPSA) is 52.4 Å². The summed E-state index contributed by atoms with van der Waals surface area (Å²) in [6.45, 7) is 0. The first kappa shape index (κ1) is 10.7. The van der Waals surface area contributed by atoms with Gasteiger partial charge in [0.1, 0.15) is 5.75 Å². The summed E-state index contributed by atoms with van der Waals surface area (Å²) in [7, 11) is 1.56. The van der Waals surface area contributed by atoms with Crippen molar-refractivity contribution in [3.63, 3.8) is 0 Å². The Morgan fingerprint density at radius 1 is 1.57 bits per heavy atom. The Balaban J connectivity index is 2.91. The number of benzene rings is 1. The fourth-order valence-corrected chi connectivity index (χ4v) is 1.49. The molecule has 0 bridgehead atoms. The summed E-state index contributed by atoms with van der Waals surface area (Å²) in [5.74, 6) is 0.697. The van der Waals surface area contributed by atoms with Crippen molar-refractivity contribution in [3.8, 4) is 5.75 Å². The maximum atomic E-state index is 10.1. The third-order valence-electron chi connectivity index (χ3n) is 1.56. The van der Waals surface area contributed by atoms with E-state index in [1.165, 1.54) is 6.08 Å². The van der Waals surface area contributed by atoms with Crippen molar-refractivity contribution < 1.29 is 9.66 Å². The van der Waals surface area contributed by atoms with E-state index in [9.17, 15) is 10.1 Å². The smallest absolute Gasteiger partial charge is 0.235 e. The molecule has 0 aliphatic heterocycles. The molecule has 0 saturated carbocycles. The number of hydrogen-bond acceptors (Lipinski definition) is 3. The maximum Gasteiger partial charge on any atom is 0.235 e. The zero-order valence-corrected chi connectivity index (χ0v) is 9.02. The molecule has 0 unspecified atom stereocenters. The number of ether oxygens (including phenoxy) is 1. The van der Waals surface area contributed by atoms with Crippen LogP contribution in [0.3, 0.4) is 0 Å². The Morgan fingerprint density at radius 2 is 2.29 bits per heavy atom. The molecular formula is C9H8BrNO3. The van der Waals surface area contributed by atoms with Crippen LogP contribution in [0.5, 0.6) is 5.75 Å². The van der Waals surface area contributed by atoms with Crippen LogP contribution in [0.1, 0.15) is 5.56 Å². The number of hydrogen-bond donors (Lipinski definition) is 0. The minimum Gasteiger partial charge on any atom is -0.496 e. The third kappa shape index (κ3) is 2.85. The highest BCUT2D eigenvalue weighted by atomic mass is 79.9. The van der Waals surface area contributed by atoms with E-state index in [0.29, 0.717) is 5.75 Å². The molecule has 74 valence electrons. The molecule has 0 amide bonds. The van der Waals surface area contributed by atoms with Gasteiger partial charge in [-0.2, -0.15) is 0 Å². The molecule has 0 aliphatic carbocycles. The Bertz CT molecular complexity index is 376. The second kappa shape index (κ2) is 4.76. The SMILES string of the molecule is COc1ccc(/C=C\[N+](=O)[O-])cc1Br. The van der Waals surface area contributed by atoms with Gasteiger partial charge in [0.15, 0.2) is 0 Å². The molecular weight excluding hydrogens is 250 g/mol. The van der Waals surface area contributed by atoms with Gasteiger partial charge in [-0.3, -0.25) is 10.1 Å². The molecule has 0 heterocycles. The predicted molar refractivity (Wildman–Crippen MR) is 56.7 cm³/mol. The molecule has 0 aromatic heterocycles. The molecule has 14 heavy (non-hydrogen) atoms. The highest BCUT2D eigenvalue weighted by molar-refractivity contribution is 9.10. The maximum absolute atomic E-state index is 10.1. The van der Waals surface area contributed by atoms with E-state index < -0.39 is 4.92 Å². The molecule has 0 radical (unpaired) electrons. The van der Waals surface area contributed by atoms with Crippen LogP contribution in [0, 0.1) is 10.1 Å². The average Bonchev–Trinajstić information content (AvgIpc) is 2.15. The van der Waals surface area contributed by atoms with Crippen LogP contribution in [0.2, 0.25) is 0 Å². The van der Waals surface area contributed by atoms with Crippen LogP contribution in [-0.4, -0.2) is 12.0 Å². The van der Waals surface area contributed by atoms with E-state index in [1.54, 1.807) is 25.3 Å². The third-order valence-corrected chi connectivity index (χ3v) is 2.18. The fraction of sp³-hybridized carbons (Fsp3) is 0.111. The normalized spacial score (nSPS) is 10.4. The average molecular weight is 258 g/mol. The lowest BCUT2D eigenvalue weighted by Gasteiger charge is -2.02. The quantitative estimate of drug-likeness (QED) is 0.618. The van der Waals surface area contributed by atoms with Crippen molar-refractivity contribution in [1.82, 2.24) is 0 Å². The number of nitrogens with zero attached hydrogens (tertiary/aromatic N) is 1. The van der Waals surface area contributed by atoms with Crippen LogP contribution in [0.25, 0.3) is 6.08 Å². The molecule has 1 rings (SSSR count). The van der Waals surface area contributed by atoms with Gasteiger partial charge >= 0.3 is 0 Å². The van der Waals surface area contributed by atoms with E-state index >= 15 is 0 Å². The number of rotatable bonds is 3. The van der Waals surface area contributed by atoms with Gasteiger partial charge in [-0.25, -0.2) is 0 Å². The summed E-state index contributed by atoms with van der Waals surface area (Å²) in [6, 6.07) is 5.23. The zero-order valence-electron chi connectivity index (χ0n) is 7.44. The Kier molecular flexibility index (Phi) is 3.64. The molecule has 1 aromatic carbocycles. The van der Waals surface area contributed by atoms with Crippen molar-refractivity contribution in [2.45, 2.75) is 0 Å². The van der Waals surface area contributed by atoms with Crippen molar-refractivity contribution in [3.05, 3.63) is 44.5 Å². The molecule has 0 fully saturated rings. The van der Waals surface area contributed by atoms with Gasteiger partial charge in [0.2, 0.25) is 6.20 Å². The van der Waals surface area contributed by atoms with Crippen molar-refractivity contribution >= 4 is 22.0 Å². The Labute approximate surface area is 89.5 Å². The van der Waals surface area contributed by atoms with Gasteiger partial charge < -0.3 is 4.74 Å². The lowest BCUT2D eigenvalue weighted by molar-refractivity contribution is -0.400. The minimum atomic E-state index is -0.502. The number of methoxy groups -OCH3 is 1. The second-order valence-electron chi connectivity index (χ2n) is 2.50. The predicted octanol–water partition coefficient (Wildman–Crippen LogP) is 2.71. The highest BCUT2D eigenvalue weighted by Crippen LogP contribution is 2.25. The first-order valence-electron chi connectivity index (χ1n) is 3.78. The van der Waals surface area contributed by atoms with Gasteiger partial charge in [-0.05, 0) is 33.6 Å². The highest BCUT2D eigenvalue weighted by Gasteiger charge is 1.99. The van der Waals surface area contributed by atoms with Crippen LogP contribution in [0.15, 0.2) is 28.9 Å². The minimum absolute atomic E-state index is 0.502. The summed E-state index contributed by atoms with van der Waals surface area (Å²) in [4.78, 5) is 9.56. The van der Waals surface area contributed by atoms with Gasteiger partial charge in [-0.15, -0.1) is 0 Å². The van der Waals surface area contributed by atoms with Crippen molar-refractivity contribution in [1.29, 1.82) is 0 Å². The molecule has 5 heteroatoms. The summed E-state index contributed by atoms with van der Waals surface area (Å²) in [5.41, 5.74) is 0.745. The lowest BCUT2D eigenvalue weighted by atomic mass is 10.2. The van der Waals surface area contributed by atoms with Crippen LogP contribution in [0.4, 0.5) is 0 Å². The Morgan fingerprint density at radius 3 is 2.79 bits per heavy atom. The van der Waals surface area contributed by atoms with Gasteiger partial charge in [0.25, 0.3) is 0 Å². The van der Waals surface area contributed by atoms with E-state index in [1.807, 2.05) is 0 Å². The summed E-state index contributed by atoms with van der Waals surface area (Å²) in [5, 5.41) is 10.1. The first-order chi connectivity index (χ1) is 6.63. The molecule has 0 saturated heterocycles. The zero-order chi connectivity index (χ0) is 10.6. The van der Waals surface area contributed by atoms with Crippen LogP contribution in [-0.2, 0) is 0 Å². The molecule has 4 nitrogen and oxygen atoms in total. The lowest BCUT2D eigenvalue weighted by Crippen LogP contribution is -1.85. The number of nitro groups is 1. The molecule has 0 spiro atoms. The monoisotopic (exact) mass is 257 g/mol. The van der Waals surface area contributed by atoms with E-state index in [0.717, 1.165) is 16.2 Å². The summed E-state index contributed by atoms with van der Waals surface area (Å²) in [6.07, 6.45) is 2.32. The molecule has 0 N–H and O–H groups in total. The van der Waals surface area contributed by atoms with Gasteiger partial charge in [0.05, 0.1) is 16.5 Å². The fourth-order valence-electron chi connectivity index (χ4n) is 0.933. The molecule has 0 atom stereocenters. The van der Waals surface area contributed by atoms with E-state index in [4.69, 9.17) is 4.74 Å². The van der Waals surface area contributed by atoms with E-state index in [2.05, 4.69) is 15.9 Å². The largest absolute Gasteiger partial charge is 0.496 e. The first-order valence-corrected chi connectivity index (χ1v) is 4.58. The Hall–Kier alpha value is -1.36. The standard InChI is InChI=1S/C9H8BrNO3/c1-14-9-3-2-7(6-8(9)10)4-5-11(12)13/h2-6H,1H3/b5-4-. The number of halogens is 1. The van der Waals surface area contributed by atoms with E-state index in [-0.39, 0.29) is 0 Å². The van der Waals surface area contributed by atoms with Gasteiger partial charge in [-0.1, -0.05) is 6.07 Å². The van der Waals surface area contributed by atoms with Gasteiger partial charge in [0, 0.05) is 6.08 Å². The van der Waals surface area contributed by atoms with Crippen molar-refractivity contribution in [2.75, 3.05) is 7.11 Å². The summed E-state index contributed by atoms with van der Waals surface area (Å²) >= 11 is 3.29. The summed E-state index contributed by atoms with van der Waals surface area (Å²) < 4.78 is 5.79. The van der Waals surface area contributed by atoms with Crippen LogP contribution >= 0.6 is 15.9 Å². The van der Waals surface area contributed by atoms with Crippen LogP contribution < -0.4 is 4.74 Å². The van der Waals surface area contributed by atoms with Crippen molar-refractivity contribution in [2.24, 2.45) is 0 Å². The molecule has 1 aromatic rings. The second-order valence-corrected chi connectivity index (χ2v) is 3.35.